The minimum absolute atomic E-state index is 0.133. The zero-order valence-corrected chi connectivity index (χ0v) is 7.55. The molecule has 2 nitrogen and oxygen atoms in total. The number of hydrogen-bond acceptors (Lipinski definition) is 2. The van der Waals surface area contributed by atoms with E-state index in [4.69, 9.17) is 9.84 Å². The van der Waals surface area contributed by atoms with Gasteiger partial charge in [0.25, 0.3) is 0 Å². The van der Waals surface area contributed by atoms with Crippen LogP contribution in [0.2, 0.25) is 0 Å². The maximum atomic E-state index is 9.07. The quantitative estimate of drug-likeness (QED) is 0.500. The van der Waals surface area contributed by atoms with Gasteiger partial charge >= 0.3 is 0 Å². The summed E-state index contributed by atoms with van der Waals surface area (Å²) in [6, 6.07) is 0. The van der Waals surface area contributed by atoms with Crippen LogP contribution in [-0.2, 0) is 4.74 Å². The van der Waals surface area contributed by atoms with Gasteiger partial charge in [-0.25, -0.2) is 0 Å². The normalized spacial score (nSPS) is 45.2. The molecule has 1 aliphatic carbocycles. The molecule has 1 aliphatic heterocycles. The average molecular weight is 168 g/mol. The molecule has 2 fully saturated rings. The van der Waals surface area contributed by atoms with Crippen LogP contribution in [0.3, 0.4) is 0 Å². The second-order valence-corrected chi connectivity index (χ2v) is 4.15. The van der Waals surface area contributed by atoms with Gasteiger partial charge in [0.1, 0.15) is 5.60 Å². The predicted octanol–water partition coefficient (Wildman–Crippen LogP) is 1.49. The second-order valence-electron chi connectivity index (χ2n) is 4.15. The first-order chi connectivity index (χ1) is 5.68. The van der Waals surface area contributed by atoms with E-state index in [0.717, 1.165) is 19.3 Å². The number of fused-ring (bicyclic) bond motifs is 1. The van der Waals surface area contributed by atoms with E-state index in [1.807, 2.05) is 0 Å². The van der Waals surface area contributed by atoms with Crippen LogP contribution in [0.25, 0.3) is 0 Å². The molecule has 0 radical (unpaired) electrons. The molecule has 0 aromatic carbocycles. The van der Waals surface area contributed by atoms with E-state index >= 15 is 0 Å². The van der Waals surface area contributed by atoms with Gasteiger partial charge in [0.2, 0.25) is 0 Å². The molecule has 1 saturated heterocycles. The smallest absolute Gasteiger partial charge is 0.118 e. The molecule has 2 aliphatic rings. The fraction of sp³-hybridized carbons (Fsp3) is 0.800. The lowest BCUT2D eigenvalue weighted by molar-refractivity contribution is 0.160. The molecule has 0 bridgehead atoms. The molecule has 2 rings (SSSR count). The van der Waals surface area contributed by atoms with Crippen LogP contribution in [0.5, 0.6) is 0 Å². The van der Waals surface area contributed by atoms with Gasteiger partial charge in [-0.3, -0.25) is 0 Å². The lowest BCUT2D eigenvalue weighted by atomic mass is 9.79. The molecule has 0 unspecified atom stereocenters. The number of epoxide rings is 1. The Morgan fingerprint density at radius 1 is 1.75 bits per heavy atom. The summed E-state index contributed by atoms with van der Waals surface area (Å²) < 4.78 is 5.50. The molecule has 2 heteroatoms. The Morgan fingerprint density at radius 2 is 2.50 bits per heavy atom. The van der Waals surface area contributed by atoms with Crippen LogP contribution in [0.4, 0.5) is 0 Å². The Hall–Kier alpha value is -0.340. The van der Waals surface area contributed by atoms with E-state index in [1.54, 1.807) is 0 Å². The van der Waals surface area contributed by atoms with Crippen molar-refractivity contribution in [3.8, 4) is 0 Å². The standard InChI is InChI=1S/C10H16O2/c1-7(2)8-3-4-10(6-11)9(5-8)12-10/h8-9,11H,1,3-6H2,2H3/t8-,9+,10-/m0/s1. The summed E-state index contributed by atoms with van der Waals surface area (Å²) in [5, 5.41) is 9.07. The third-order valence-corrected chi connectivity index (χ3v) is 3.29. The van der Waals surface area contributed by atoms with E-state index < -0.39 is 0 Å². The van der Waals surface area contributed by atoms with E-state index in [0.29, 0.717) is 12.0 Å². The first-order valence-electron chi connectivity index (χ1n) is 4.62. The minimum atomic E-state index is -0.133. The highest BCUT2D eigenvalue weighted by atomic mass is 16.6. The van der Waals surface area contributed by atoms with E-state index in [-0.39, 0.29) is 12.2 Å². The molecular weight excluding hydrogens is 152 g/mol. The molecule has 12 heavy (non-hydrogen) atoms. The van der Waals surface area contributed by atoms with Crippen molar-refractivity contribution in [2.24, 2.45) is 5.92 Å². The van der Waals surface area contributed by atoms with Crippen molar-refractivity contribution in [1.82, 2.24) is 0 Å². The van der Waals surface area contributed by atoms with E-state index in [9.17, 15) is 0 Å². The minimum Gasteiger partial charge on any atom is -0.393 e. The molecule has 1 heterocycles. The summed E-state index contributed by atoms with van der Waals surface area (Å²) >= 11 is 0. The van der Waals surface area contributed by atoms with Gasteiger partial charge in [0.05, 0.1) is 12.7 Å². The van der Waals surface area contributed by atoms with Crippen molar-refractivity contribution in [3.05, 3.63) is 12.2 Å². The summed E-state index contributed by atoms with van der Waals surface area (Å²) in [6.07, 6.45) is 3.52. The zero-order valence-electron chi connectivity index (χ0n) is 7.55. The van der Waals surface area contributed by atoms with Crippen LogP contribution >= 0.6 is 0 Å². The first-order valence-corrected chi connectivity index (χ1v) is 4.62. The highest BCUT2D eigenvalue weighted by molar-refractivity contribution is 5.11. The van der Waals surface area contributed by atoms with Crippen molar-refractivity contribution in [2.45, 2.75) is 37.9 Å². The van der Waals surface area contributed by atoms with E-state index in [1.165, 1.54) is 5.57 Å². The predicted molar refractivity (Wildman–Crippen MR) is 46.8 cm³/mol. The molecule has 0 aromatic rings. The summed E-state index contributed by atoms with van der Waals surface area (Å²) in [6.45, 7) is 6.24. The zero-order chi connectivity index (χ0) is 8.77. The summed E-state index contributed by atoms with van der Waals surface area (Å²) in [7, 11) is 0. The fourth-order valence-corrected chi connectivity index (χ4v) is 2.19. The third-order valence-electron chi connectivity index (χ3n) is 3.29. The number of aliphatic hydroxyl groups excluding tert-OH is 1. The Morgan fingerprint density at radius 3 is 3.00 bits per heavy atom. The molecule has 3 atom stereocenters. The number of ether oxygens (including phenoxy) is 1. The second kappa shape index (κ2) is 2.57. The fourth-order valence-electron chi connectivity index (χ4n) is 2.19. The first kappa shape index (κ1) is 8.27. The molecular formula is C10H16O2. The molecule has 0 aromatic heterocycles. The van der Waals surface area contributed by atoms with Crippen LogP contribution in [0, 0.1) is 5.92 Å². The summed E-state index contributed by atoms with van der Waals surface area (Å²) in [5.41, 5.74) is 1.13. The molecule has 1 saturated carbocycles. The van der Waals surface area contributed by atoms with Gasteiger partial charge in [-0.15, -0.1) is 0 Å². The highest BCUT2D eigenvalue weighted by Gasteiger charge is 2.58. The largest absolute Gasteiger partial charge is 0.393 e. The van der Waals surface area contributed by atoms with Gasteiger partial charge in [0, 0.05) is 0 Å². The maximum absolute atomic E-state index is 9.07. The monoisotopic (exact) mass is 168 g/mol. The Balaban J connectivity index is 1.96. The maximum Gasteiger partial charge on any atom is 0.118 e. The topological polar surface area (TPSA) is 32.8 Å². The van der Waals surface area contributed by atoms with Crippen LogP contribution in [0.1, 0.15) is 26.2 Å². The van der Waals surface area contributed by atoms with Gasteiger partial charge in [0.15, 0.2) is 0 Å². The van der Waals surface area contributed by atoms with Gasteiger partial charge in [-0.1, -0.05) is 12.2 Å². The van der Waals surface area contributed by atoms with Crippen LogP contribution < -0.4 is 0 Å². The van der Waals surface area contributed by atoms with Crippen molar-refractivity contribution in [1.29, 1.82) is 0 Å². The lowest BCUT2D eigenvalue weighted by Crippen LogP contribution is -2.27. The Kier molecular flexibility index (Phi) is 1.77. The van der Waals surface area contributed by atoms with Crippen LogP contribution in [0.15, 0.2) is 12.2 Å². The highest BCUT2D eigenvalue weighted by Crippen LogP contribution is 2.50. The van der Waals surface area contributed by atoms with Gasteiger partial charge in [-0.2, -0.15) is 0 Å². The number of rotatable bonds is 2. The van der Waals surface area contributed by atoms with Crippen molar-refractivity contribution in [2.75, 3.05) is 6.61 Å². The van der Waals surface area contributed by atoms with Crippen molar-refractivity contribution >= 4 is 0 Å². The number of aliphatic hydroxyl groups is 1. The summed E-state index contributed by atoms with van der Waals surface area (Å²) in [4.78, 5) is 0. The molecule has 0 spiro atoms. The van der Waals surface area contributed by atoms with Crippen molar-refractivity contribution < 1.29 is 9.84 Å². The third kappa shape index (κ3) is 1.10. The van der Waals surface area contributed by atoms with E-state index in [2.05, 4.69) is 13.5 Å². The van der Waals surface area contributed by atoms with Crippen LogP contribution in [-0.4, -0.2) is 23.4 Å². The van der Waals surface area contributed by atoms with Gasteiger partial charge in [-0.05, 0) is 32.1 Å². The lowest BCUT2D eigenvalue weighted by Gasteiger charge is -2.23. The number of hydrogen-bond donors (Lipinski definition) is 1. The Bertz CT molecular complexity index is 212. The Labute approximate surface area is 73.2 Å². The SMILES string of the molecule is C=C(C)[C@H]1CC[C@@]2(CO)O[C@@H]2C1. The average Bonchev–Trinajstić information content (AvgIpc) is 2.77. The van der Waals surface area contributed by atoms with Gasteiger partial charge < -0.3 is 9.84 Å². The molecule has 0 amide bonds. The molecule has 1 N–H and O–H groups in total. The number of allylic oxidation sites excluding steroid dienone is 1. The molecule has 68 valence electrons. The summed E-state index contributed by atoms with van der Waals surface area (Å²) in [5.74, 6) is 0.622. The van der Waals surface area contributed by atoms with Crippen molar-refractivity contribution in [3.63, 3.8) is 0 Å².